The third kappa shape index (κ3) is 57.1. The molecular formula is C65H123NO3. The number of aliphatic hydroxyl groups excluding tert-OH is 2. The lowest BCUT2D eigenvalue weighted by molar-refractivity contribution is -0.123. The lowest BCUT2D eigenvalue weighted by Gasteiger charge is -2.19. The Morgan fingerprint density at radius 3 is 0.841 bits per heavy atom. The van der Waals surface area contributed by atoms with Crippen LogP contribution in [0.2, 0.25) is 0 Å². The molecule has 3 N–H and O–H groups in total. The normalized spacial score (nSPS) is 13.0. The van der Waals surface area contributed by atoms with E-state index in [1.807, 2.05) is 6.08 Å². The number of aliphatic hydroxyl groups is 2. The lowest BCUT2D eigenvalue weighted by atomic mass is 10.0. The summed E-state index contributed by atoms with van der Waals surface area (Å²) >= 11 is 0. The van der Waals surface area contributed by atoms with E-state index in [9.17, 15) is 15.0 Å². The second-order valence-corrected chi connectivity index (χ2v) is 21.5. The Bertz CT molecular complexity index is 1090. The monoisotopic (exact) mass is 966 g/mol. The van der Waals surface area contributed by atoms with E-state index in [1.54, 1.807) is 6.08 Å². The van der Waals surface area contributed by atoms with Crippen molar-refractivity contribution in [2.75, 3.05) is 6.61 Å². The average molecular weight is 967 g/mol. The maximum atomic E-state index is 12.5. The zero-order valence-electron chi connectivity index (χ0n) is 46.8. The van der Waals surface area contributed by atoms with E-state index in [2.05, 4.69) is 55.6 Å². The van der Waals surface area contributed by atoms with Gasteiger partial charge in [-0.05, 0) is 70.6 Å². The van der Waals surface area contributed by atoms with Gasteiger partial charge in [-0.25, -0.2) is 0 Å². The van der Waals surface area contributed by atoms with Gasteiger partial charge in [-0.1, -0.05) is 313 Å². The first-order valence-corrected chi connectivity index (χ1v) is 31.4. The van der Waals surface area contributed by atoms with Gasteiger partial charge in [-0.3, -0.25) is 4.79 Å². The Morgan fingerprint density at radius 2 is 0.565 bits per heavy atom. The Hall–Kier alpha value is -1.65. The van der Waals surface area contributed by atoms with Crippen LogP contribution in [-0.4, -0.2) is 34.9 Å². The van der Waals surface area contributed by atoms with Gasteiger partial charge in [-0.2, -0.15) is 0 Å². The number of nitrogens with one attached hydrogen (secondary N) is 1. The molecule has 1 amide bonds. The molecule has 0 bridgehead atoms. The average Bonchev–Trinajstić information content (AvgIpc) is 3.35. The molecular weight excluding hydrogens is 843 g/mol. The third-order valence-electron chi connectivity index (χ3n) is 14.5. The molecule has 0 aliphatic rings. The van der Waals surface area contributed by atoms with Crippen molar-refractivity contribution in [3.05, 3.63) is 48.6 Å². The van der Waals surface area contributed by atoms with E-state index >= 15 is 0 Å². The van der Waals surface area contributed by atoms with Gasteiger partial charge in [-0.15, -0.1) is 0 Å². The predicted octanol–water partition coefficient (Wildman–Crippen LogP) is 21.0. The van der Waals surface area contributed by atoms with Crippen LogP contribution in [0.15, 0.2) is 48.6 Å². The van der Waals surface area contributed by atoms with Crippen LogP contribution in [0, 0.1) is 0 Å². The van der Waals surface area contributed by atoms with E-state index in [-0.39, 0.29) is 12.5 Å². The smallest absolute Gasteiger partial charge is 0.220 e. The molecule has 0 saturated carbocycles. The quantitative estimate of drug-likeness (QED) is 0.0420. The molecule has 4 heteroatoms. The summed E-state index contributed by atoms with van der Waals surface area (Å²) in [5, 5.41) is 23.2. The maximum Gasteiger partial charge on any atom is 0.220 e. The van der Waals surface area contributed by atoms with Gasteiger partial charge < -0.3 is 15.5 Å². The Labute approximate surface area is 433 Å². The van der Waals surface area contributed by atoms with Crippen molar-refractivity contribution < 1.29 is 15.0 Å². The standard InChI is InChI=1S/C65H123NO3/c1-3-5-7-9-11-13-15-17-19-21-23-25-27-28-29-30-31-32-33-34-35-36-37-38-39-41-43-45-47-49-51-53-55-57-59-61-65(69)66-63(62-67)64(68)60-58-56-54-52-50-48-46-44-42-40-26-24-22-20-18-16-14-12-10-8-6-4-2/h21,23,42,44,50,52,58,60,63-64,67-68H,3-20,22,24-41,43,45-49,51,53-57,59,61-62H2,1-2H3,(H,66,69)/b23-21-,44-42+,52-50+,60-58+. The van der Waals surface area contributed by atoms with Gasteiger partial charge in [0, 0.05) is 6.42 Å². The topological polar surface area (TPSA) is 69.6 Å². The van der Waals surface area contributed by atoms with Crippen molar-refractivity contribution >= 4 is 5.91 Å². The summed E-state index contributed by atoms with van der Waals surface area (Å²) < 4.78 is 0. The molecule has 4 nitrogen and oxygen atoms in total. The highest BCUT2D eigenvalue weighted by atomic mass is 16.3. The number of unbranched alkanes of at least 4 members (excludes halogenated alkanes) is 45. The summed E-state index contributed by atoms with van der Waals surface area (Å²) in [5.41, 5.74) is 0. The van der Waals surface area contributed by atoms with Crippen LogP contribution < -0.4 is 5.32 Å². The van der Waals surface area contributed by atoms with Gasteiger partial charge in [0.25, 0.3) is 0 Å². The number of amides is 1. The van der Waals surface area contributed by atoms with Crippen molar-refractivity contribution in [3.8, 4) is 0 Å². The predicted molar refractivity (Wildman–Crippen MR) is 308 cm³/mol. The minimum atomic E-state index is -0.870. The van der Waals surface area contributed by atoms with Crippen LogP contribution in [0.5, 0.6) is 0 Å². The van der Waals surface area contributed by atoms with Crippen molar-refractivity contribution in [1.82, 2.24) is 5.32 Å². The summed E-state index contributed by atoms with van der Waals surface area (Å²) in [5.74, 6) is -0.0721. The number of hydrogen-bond donors (Lipinski definition) is 3. The van der Waals surface area contributed by atoms with E-state index in [0.717, 1.165) is 38.5 Å². The minimum absolute atomic E-state index is 0.0721. The molecule has 0 aromatic heterocycles. The molecule has 69 heavy (non-hydrogen) atoms. The molecule has 2 unspecified atom stereocenters. The van der Waals surface area contributed by atoms with Gasteiger partial charge in [0.05, 0.1) is 18.8 Å². The number of carbonyl (C=O) groups is 1. The SMILES string of the molecule is CCCCCCCCCC/C=C\CCCCCCCCCCCCCCCCCCCCCCCCCC(=O)NC(CO)C(O)/C=C/CC/C=C/CC/C=C/CCCCCCCCCCCCCC. The largest absolute Gasteiger partial charge is 0.394 e. The highest BCUT2D eigenvalue weighted by molar-refractivity contribution is 5.76. The van der Waals surface area contributed by atoms with Crippen molar-refractivity contribution in [2.24, 2.45) is 0 Å². The van der Waals surface area contributed by atoms with Crippen LogP contribution in [0.1, 0.15) is 341 Å². The first-order valence-electron chi connectivity index (χ1n) is 31.4. The fraction of sp³-hybridized carbons (Fsp3) is 0.862. The number of hydrogen-bond acceptors (Lipinski definition) is 3. The highest BCUT2D eigenvalue weighted by Gasteiger charge is 2.18. The summed E-state index contributed by atoms with van der Waals surface area (Å²) in [4.78, 5) is 12.5. The molecule has 2 atom stereocenters. The fourth-order valence-electron chi connectivity index (χ4n) is 9.74. The summed E-state index contributed by atoms with van der Waals surface area (Å²) in [6, 6.07) is -0.646. The molecule has 0 rings (SSSR count). The van der Waals surface area contributed by atoms with E-state index in [4.69, 9.17) is 0 Å². The van der Waals surface area contributed by atoms with E-state index < -0.39 is 12.1 Å². The molecule has 0 aliphatic heterocycles. The highest BCUT2D eigenvalue weighted by Crippen LogP contribution is 2.18. The summed E-state index contributed by atoms with van der Waals surface area (Å²) in [7, 11) is 0. The van der Waals surface area contributed by atoms with Crippen LogP contribution >= 0.6 is 0 Å². The first-order chi connectivity index (χ1) is 34.2. The van der Waals surface area contributed by atoms with E-state index in [0.29, 0.717) is 6.42 Å². The zero-order chi connectivity index (χ0) is 49.9. The third-order valence-corrected chi connectivity index (χ3v) is 14.5. The van der Waals surface area contributed by atoms with Crippen LogP contribution in [0.3, 0.4) is 0 Å². The summed E-state index contributed by atoms with van der Waals surface area (Å²) in [6.07, 6.45) is 84.6. The molecule has 0 saturated heterocycles. The second-order valence-electron chi connectivity index (χ2n) is 21.5. The molecule has 0 aromatic rings. The van der Waals surface area contributed by atoms with Crippen LogP contribution in [0.4, 0.5) is 0 Å². The van der Waals surface area contributed by atoms with Crippen molar-refractivity contribution in [2.45, 2.75) is 353 Å². The molecule has 0 radical (unpaired) electrons. The van der Waals surface area contributed by atoms with Crippen LogP contribution in [0.25, 0.3) is 0 Å². The van der Waals surface area contributed by atoms with Gasteiger partial charge in [0.15, 0.2) is 0 Å². The van der Waals surface area contributed by atoms with Crippen molar-refractivity contribution in [3.63, 3.8) is 0 Å². The zero-order valence-corrected chi connectivity index (χ0v) is 46.8. The maximum absolute atomic E-state index is 12.5. The molecule has 0 fully saturated rings. The minimum Gasteiger partial charge on any atom is -0.394 e. The molecule has 0 heterocycles. The van der Waals surface area contributed by atoms with Crippen molar-refractivity contribution in [1.29, 1.82) is 0 Å². The molecule has 406 valence electrons. The van der Waals surface area contributed by atoms with Gasteiger partial charge >= 0.3 is 0 Å². The fourth-order valence-corrected chi connectivity index (χ4v) is 9.74. The second kappa shape index (κ2) is 60.7. The number of rotatable bonds is 58. The Kier molecular flexibility index (Phi) is 59.2. The number of allylic oxidation sites excluding steroid dienone is 7. The first kappa shape index (κ1) is 67.3. The van der Waals surface area contributed by atoms with E-state index in [1.165, 1.54) is 283 Å². The summed E-state index contributed by atoms with van der Waals surface area (Å²) in [6.45, 7) is 4.32. The lowest BCUT2D eigenvalue weighted by Crippen LogP contribution is -2.45. The molecule has 0 aromatic carbocycles. The van der Waals surface area contributed by atoms with Crippen LogP contribution in [-0.2, 0) is 4.79 Å². The molecule has 0 spiro atoms. The molecule has 0 aliphatic carbocycles. The number of carbonyl (C=O) groups excluding carboxylic acids is 1. The van der Waals surface area contributed by atoms with Gasteiger partial charge in [0.1, 0.15) is 0 Å². The van der Waals surface area contributed by atoms with Gasteiger partial charge in [0.2, 0.25) is 5.91 Å². The Balaban J connectivity index is 3.47. The Morgan fingerprint density at radius 1 is 0.333 bits per heavy atom.